The van der Waals surface area contributed by atoms with Gasteiger partial charge in [0.05, 0.1) is 17.9 Å². The first-order chi connectivity index (χ1) is 15.4. The van der Waals surface area contributed by atoms with E-state index in [1.165, 1.54) is 0 Å². The Hall–Kier alpha value is -3.41. The number of amides is 2. The van der Waals surface area contributed by atoms with Crippen LogP contribution < -0.4 is 10.6 Å². The number of nitrogens with zero attached hydrogens (tertiary/aromatic N) is 2. The van der Waals surface area contributed by atoms with E-state index in [0.29, 0.717) is 11.4 Å². The van der Waals surface area contributed by atoms with Crippen LogP contribution in [0, 0.1) is 6.92 Å². The Morgan fingerprint density at radius 1 is 0.909 bits per heavy atom. The lowest BCUT2D eigenvalue weighted by atomic mass is 9.87. The molecular weight excluding hydrogens is 412 g/mol. The fraction of sp³-hybridized carbons (Fsp3) is 0.370. The van der Waals surface area contributed by atoms with Gasteiger partial charge in [-0.2, -0.15) is 5.10 Å². The van der Waals surface area contributed by atoms with Gasteiger partial charge in [-0.05, 0) is 41.7 Å². The zero-order valence-corrected chi connectivity index (χ0v) is 20.6. The zero-order valence-electron chi connectivity index (χ0n) is 20.6. The molecule has 1 heterocycles. The van der Waals surface area contributed by atoms with Gasteiger partial charge >= 0.3 is 0 Å². The molecule has 2 N–H and O–H groups in total. The minimum Gasteiger partial charge on any atom is -0.343 e. The number of hydrogen-bond donors (Lipinski definition) is 2. The molecule has 33 heavy (non-hydrogen) atoms. The molecule has 0 saturated heterocycles. The maximum Gasteiger partial charge on any atom is 0.251 e. The quantitative estimate of drug-likeness (QED) is 0.569. The molecule has 0 aliphatic rings. The highest BCUT2D eigenvalue weighted by Gasteiger charge is 2.22. The molecule has 0 spiro atoms. The molecule has 1 aromatic heterocycles. The number of carbonyl (C=O) groups excluding carboxylic acids is 2. The molecule has 3 rings (SSSR count). The van der Waals surface area contributed by atoms with Crippen molar-refractivity contribution in [2.75, 3.05) is 11.9 Å². The smallest absolute Gasteiger partial charge is 0.251 e. The largest absolute Gasteiger partial charge is 0.343 e. The highest BCUT2D eigenvalue weighted by Crippen LogP contribution is 2.27. The maximum absolute atomic E-state index is 12.7. The van der Waals surface area contributed by atoms with Gasteiger partial charge in [0.2, 0.25) is 5.91 Å². The topological polar surface area (TPSA) is 76.0 Å². The summed E-state index contributed by atoms with van der Waals surface area (Å²) in [7, 11) is 0. The lowest BCUT2D eigenvalue weighted by molar-refractivity contribution is -0.115. The van der Waals surface area contributed by atoms with Gasteiger partial charge in [-0.15, -0.1) is 0 Å². The van der Waals surface area contributed by atoms with Gasteiger partial charge < -0.3 is 10.6 Å². The van der Waals surface area contributed by atoms with Gasteiger partial charge in [-0.3, -0.25) is 9.59 Å². The molecule has 0 radical (unpaired) electrons. The Morgan fingerprint density at radius 2 is 1.55 bits per heavy atom. The number of aromatic nitrogens is 2. The van der Waals surface area contributed by atoms with E-state index in [-0.39, 0.29) is 29.2 Å². The van der Waals surface area contributed by atoms with Crippen molar-refractivity contribution in [2.45, 2.75) is 59.3 Å². The minimum atomic E-state index is -0.315. The van der Waals surface area contributed by atoms with E-state index < -0.39 is 0 Å². The first-order valence-corrected chi connectivity index (χ1v) is 11.2. The molecule has 2 aromatic carbocycles. The Kier molecular flexibility index (Phi) is 6.77. The number of aryl methyl sites for hydroxylation is 1. The second kappa shape index (κ2) is 9.22. The summed E-state index contributed by atoms with van der Waals surface area (Å²) in [5, 5.41) is 10.4. The summed E-state index contributed by atoms with van der Waals surface area (Å²) in [6.07, 6.45) is 0. The van der Waals surface area contributed by atoms with Crippen LogP contribution in [0.15, 0.2) is 54.6 Å². The van der Waals surface area contributed by atoms with Crippen molar-refractivity contribution >= 4 is 17.6 Å². The summed E-state index contributed by atoms with van der Waals surface area (Å²) in [5.74, 6) is -0.0266. The maximum atomic E-state index is 12.7. The molecule has 0 saturated carbocycles. The number of rotatable bonds is 5. The van der Waals surface area contributed by atoms with E-state index in [2.05, 4.69) is 52.2 Å². The van der Waals surface area contributed by atoms with Crippen molar-refractivity contribution in [1.82, 2.24) is 15.1 Å². The van der Waals surface area contributed by atoms with E-state index in [4.69, 9.17) is 5.10 Å². The number of para-hydroxylation sites is 1. The monoisotopic (exact) mass is 446 g/mol. The molecule has 0 aliphatic heterocycles. The minimum absolute atomic E-state index is 0.0147. The number of nitrogens with one attached hydrogen (secondary N) is 2. The van der Waals surface area contributed by atoms with E-state index >= 15 is 0 Å². The van der Waals surface area contributed by atoms with Gasteiger partial charge in [0.25, 0.3) is 5.91 Å². The zero-order chi connectivity index (χ0) is 24.4. The Balaban J connectivity index is 1.73. The predicted molar refractivity (Wildman–Crippen MR) is 133 cm³/mol. The van der Waals surface area contributed by atoms with Gasteiger partial charge in [-0.1, -0.05) is 71.9 Å². The van der Waals surface area contributed by atoms with Crippen LogP contribution >= 0.6 is 0 Å². The highest BCUT2D eigenvalue weighted by atomic mass is 16.2. The second-order valence-electron chi connectivity index (χ2n) is 10.4. The molecule has 0 atom stereocenters. The van der Waals surface area contributed by atoms with E-state index in [1.807, 2.05) is 49.4 Å². The molecule has 6 heteroatoms. The second-order valence-corrected chi connectivity index (χ2v) is 10.4. The summed E-state index contributed by atoms with van der Waals surface area (Å²) in [4.78, 5) is 25.2. The summed E-state index contributed by atoms with van der Waals surface area (Å²) in [6.45, 7) is 14.5. The van der Waals surface area contributed by atoms with Gasteiger partial charge in [0.15, 0.2) is 0 Å². The van der Waals surface area contributed by atoms with Crippen LogP contribution in [0.25, 0.3) is 5.69 Å². The van der Waals surface area contributed by atoms with Crippen molar-refractivity contribution in [3.8, 4) is 5.69 Å². The van der Waals surface area contributed by atoms with Crippen LogP contribution in [0.3, 0.4) is 0 Å². The fourth-order valence-corrected chi connectivity index (χ4v) is 3.39. The highest BCUT2D eigenvalue weighted by molar-refractivity contribution is 5.99. The average Bonchev–Trinajstić information content (AvgIpc) is 3.16. The van der Waals surface area contributed by atoms with Crippen LogP contribution in [0.4, 0.5) is 5.82 Å². The Labute approximate surface area is 196 Å². The molecule has 0 aliphatic carbocycles. The molecule has 3 aromatic rings. The molecule has 0 bridgehead atoms. The number of anilines is 1. The van der Waals surface area contributed by atoms with E-state index in [0.717, 1.165) is 22.5 Å². The van der Waals surface area contributed by atoms with Crippen molar-refractivity contribution in [1.29, 1.82) is 0 Å². The van der Waals surface area contributed by atoms with Crippen LogP contribution in [0.5, 0.6) is 0 Å². The average molecular weight is 447 g/mol. The SMILES string of the molecule is Cc1ccccc1-n1nc(C(C)(C)C)cc1NC(=O)CNC(=O)c1ccc(C(C)(C)C)cc1. The normalized spacial score (nSPS) is 11.8. The summed E-state index contributed by atoms with van der Waals surface area (Å²) in [6, 6.07) is 17.2. The number of benzene rings is 2. The number of carbonyl (C=O) groups is 2. The van der Waals surface area contributed by atoms with Gasteiger partial charge in [-0.25, -0.2) is 4.68 Å². The van der Waals surface area contributed by atoms with Crippen LogP contribution in [-0.4, -0.2) is 28.1 Å². The molecular formula is C27H34N4O2. The van der Waals surface area contributed by atoms with E-state index in [9.17, 15) is 9.59 Å². The van der Waals surface area contributed by atoms with Crippen molar-refractivity contribution in [2.24, 2.45) is 0 Å². The van der Waals surface area contributed by atoms with Crippen LogP contribution in [0.1, 0.15) is 68.7 Å². The van der Waals surface area contributed by atoms with E-state index in [1.54, 1.807) is 16.8 Å². The Morgan fingerprint density at radius 3 is 2.12 bits per heavy atom. The lowest BCUT2D eigenvalue weighted by Gasteiger charge is -2.19. The first kappa shape index (κ1) is 24.2. The summed E-state index contributed by atoms with van der Waals surface area (Å²) < 4.78 is 1.75. The predicted octanol–water partition coefficient (Wildman–Crippen LogP) is 5.14. The van der Waals surface area contributed by atoms with Crippen LogP contribution in [-0.2, 0) is 15.6 Å². The van der Waals surface area contributed by atoms with Crippen molar-refractivity contribution < 1.29 is 9.59 Å². The first-order valence-electron chi connectivity index (χ1n) is 11.2. The third-order valence-corrected chi connectivity index (χ3v) is 5.51. The third-order valence-electron chi connectivity index (χ3n) is 5.51. The summed E-state index contributed by atoms with van der Waals surface area (Å²) >= 11 is 0. The summed E-state index contributed by atoms with van der Waals surface area (Å²) in [5.41, 5.74) is 4.31. The van der Waals surface area contributed by atoms with Crippen molar-refractivity contribution in [3.05, 3.63) is 77.0 Å². The van der Waals surface area contributed by atoms with Crippen molar-refractivity contribution in [3.63, 3.8) is 0 Å². The number of hydrogen-bond acceptors (Lipinski definition) is 3. The molecule has 0 fully saturated rings. The fourth-order valence-electron chi connectivity index (χ4n) is 3.39. The van der Waals surface area contributed by atoms with Gasteiger partial charge in [0, 0.05) is 17.0 Å². The lowest BCUT2D eigenvalue weighted by Crippen LogP contribution is -2.33. The third kappa shape index (κ3) is 5.89. The Bertz CT molecular complexity index is 1150. The van der Waals surface area contributed by atoms with Crippen LogP contribution in [0.2, 0.25) is 0 Å². The molecule has 2 amide bonds. The molecule has 6 nitrogen and oxygen atoms in total. The standard InChI is InChI=1S/C27H34N4O2/c1-18-10-8-9-11-21(18)31-23(16-22(30-31)27(5,6)7)29-24(32)17-28-25(33)19-12-14-20(15-13-19)26(2,3)4/h8-16H,17H2,1-7H3,(H,28,33)(H,29,32). The molecule has 174 valence electrons. The molecule has 0 unspecified atom stereocenters. The van der Waals surface area contributed by atoms with Gasteiger partial charge in [0.1, 0.15) is 5.82 Å².